The van der Waals surface area contributed by atoms with E-state index in [0.717, 1.165) is 16.7 Å². The second-order valence-electron chi connectivity index (χ2n) is 9.13. The van der Waals surface area contributed by atoms with Crippen molar-refractivity contribution >= 4 is 5.97 Å². The molecule has 2 aromatic carbocycles. The summed E-state index contributed by atoms with van der Waals surface area (Å²) in [5, 5.41) is 0. The minimum absolute atomic E-state index is 0.0373. The second-order valence-corrected chi connectivity index (χ2v) is 9.13. The van der Waals surface area contributed by atoms with Crippen molar-refractivity contribution in [1.82, 2.24) is 0 Å². The lowest BCUT2D eigenvalue weighted by atomic mass is 9.75. The number of benzene rings is 2. The molecule has 1 unspecified atom stereocenters. The molecular weight excluding hydrogens is 464 g/mol. The zero-order valence-corrected chi connectivity index (χ0v) is 22.1. The predicted molar refractivity (Wildman–Crippen MR) is 135 cm³/mol. The van der Waals surface area contributed by atoms with Crippen LogP contribution in [0.4, 0.5) is 0 Å². The van der Waals surface area contributed by atoms with Crippen LogP contribution in [-0.2, 0) is 16.0 Å². The number of hydrogen-bond acceptors (Lipinski definition) is 8. The summed E-state index contributed by atoms with van der Waals surface area (Å²) >= 11 is 0. The Bertz CT molecular complexity index is 1200. The van der Waals surface area contributed by atoms with Gasteiger partial charge in [0.15, 0.2) is 23.0 Å². The summed E-state index contributed by atoms with van der Waals surface area (Å²) < 4.78 is 41.0. The molecule has 8 heteroatoms. The zero-order valence-electron chi connectivity index (χ0n) is 22.1. The van der Waals surface area contributed by atoms with Crippen molar-refractivity contribution in [3.63, 3.8) is 0 Å². The fourth-order valence-electron chi connectivity index (χ4n) is 4.96. The fourth-order valence-corrected chi connectivity index (χ4v) is 4.96. The van der Waals surface area contributed by atoms with Gasteiger partial charge in [-0.3, -0.25) is 0 Å². The summed E-state index contributed by atoms with van der Waals surface area (Å²) in [4.78, 5) is 13.0. The van der Waals surface area contributed by atoms with E-state index in [1.54, 1.807) is 41.4 Å². The molecule has 4 rings (SSSR count). The maximum Gasteiger partial charge on any atom is 0.333 e. The molecule has 0 spiro atoms. The van der Waals surface area contributed by atoms with Gasteiger partial charge in [0.2, 0.25) is 18.3 Å². The Kier molecular flexibility index (Phi) is 7.24. The standard InChI is InChI=1S/C28H34O8/c1-9-14(2)28(29)36-23-16(4)15(3)10-17-11-20-25(35-13-34-20)26(32-7)21(17)22-18(23)12-19(30-5)24(31-6)27(22)33-8/h9,11-12,15-16,23H,10,13H2,1-8H3/t15-,16-,23?/m0/s1. The molecule has 1 aliphatic heterocycles. The maximum atomic E-state index is 13.0. The van der Waals surface area contributed by atoms with Crippen molar-refractivity contribution in [2.24, 2.45) is 11.8 Å². The number of carbonyl (C=O) groups excluding carboxylic acids is 1. The van der Waals surface area contributed by atoms with E-state index in [9.17, 15) is 4.79 Å². The van der Waals surface area contributed by atoms with Gasteiger partial charge in [-0.25, -0.2) is 4.79 Å². The lowest BCUT2D eigenvalue weighted by Crippen LogP contribution is -2.27. The average molecular weight is 499 g/mol. The van der Waals surface area contributed by atoms with Gasteiger partial charge >= 0.3 is 5.97 Å². The molecular formula is C28H34O8. The van der Waals surface area contributed by atoms with Gasteiger partial charge in [0.05, 0.1) is 28.4 Å². The third-order valence-electron chi connectivity index (χ3n) is 7.23. The van der Waals surface area contributed by atoms with Gasteiger partial charge in [0, 0.05) is 28.2 Å². The van der Waals surface area contributed by atoms with Crippen LogP contribution in [-0.4, -0.2) is 41.2 Å². The van der Waals surface area contributed by atoms with Gasteiger partial charge in [-0.1, -0.05) is 19.9 Å². The third-order valence-corrected chi connectivity index (χ3v) is 7.23. The Morgan fingerprint density at radius 3 is 2.25 bits per heavy atom. The highest BCUT2D eigenvalue weighted by atomic mass is 16.7. The van der Waals surface area contributed by atoms with Gasteiger partial charge in [-0.05, 0) is 43.9 Å². The molecule has 0 amide bonds. The van der Waals surface area contributed by atoms with E-state index in [-0.39, 0.29) is 24.6 Å². The molecule has 2 aromatic rings. The van der Waals surface area contributed by atoms with Gasteiger partial charge in [-0.2, -0.15) is 0 Å². The number of rotatable bonds is 6. The van der Waals surface area contributed by atoms with E-state index in [2.05, 4.69) is 13.8 Å². The molecule has 0 radical (unpaired) electrons. The number of carbonyl (C=O) groups is 1. The number of allylic oxidation sites excluding steroid dienone is 1. The second kappa shape index (κ2) is 10.2. The van der Waals surface area contributed by atoms with E-state index in [4.69, 9.17) is 33.2 Å². The average Bonchev–Trinajstić information content (AvgIpc) is 3.36. The van der Waals surface area contributed by atoms with Crippen LogP contribution in [0.15, 0.2) is 23.8 Å². The SMILES string of the molecule is CC=C(C)C(=O)OC1c2cc(OC)c(OC)c(OC)c2-c2c(cc3c(c2OC)OCO3)C[C@H](C)[C@@H]1C. The molecule has 8 nitrogen and oxygen atoms in total. The van der Waals surface area contributed by atoms with E-state index < -0.39 is 6.10 Å². The van der Waals surface area contributed by atoms with Gasteiger partial charge in [-0.15, -0.1) is 0 Å². The van der Waals surface area contributed by atoms with E-state index in [0.29, 0.717) is 52.1 Å². The van der Waals surface area contributed by atoms with Crippen LogP contribution in [0.25, 0.3) is 11.1 Å². The number of methoxy groups -OCH3 is 4. The summed E-state index contributed by atoms with van der Waals surface area (Å²) in [5.74, 6) is 2.78. The number of ether oxygens (including phenoxy) is 7. The van der Waals surface area contributed by atoms with Crippen LogP contribution < -0.4 is 28.4 Å². The number of hydrogen-bond donors (Lipinski definition) is 0. The smallest absolute Gasteiger partial charge is 0.333 e. The van der Waals surface area contributed by atoms with Crippen LogP contribution in [0.2, 0.25) is 0 Å². The Hall–Kier alpha value is -3.55. The topological polar surface area (TPSA) is 81.7 Å². The van der Waals surface area contributed by atoms with Crippen LogP contribution in [0, 0.1) is 11.8 Å². The third kappa shape index (κ3) is 4.08. The molecule has 36 heavy (non-hydrogen) atoms. The first-order valence-corrected chi connectivity index (χ1v) is 12.0. The van der Waals surface area contributed by atoms with Gasteiger partial charge in [0.25, 0.3) is 0 Å². The minimum atomic E-state index is -0.589. The Labute approximate surface area is 212 Å². The molecule has 0 aromatic heterocycles. The summed E-state index contributed by atoms with van der Waals surface area (Å²) in [7, 11) is 6.30. The Balaban J connectivity index is 2.13. The molecule has 0 N–H and O–H groups in total. The van der Waals surface area contributed by atoms with Crippen molar-refractivity contribution in [3.05, 3.63) is 34.9 Å². The fraction of sp³-hybridized carbons (Fsp3) is 0.464. The predicted octanol–water partition coefficient (Wildman–Crippen LogP) is 5.50. The van der Waals surface area contributed by atoms with Crippen LogP contribution >= 0.6 is 0 Å². The Morgan fingerprint density at radius 1 is 0.944 bits per heavy atom. The van der Waals surface area contributed by atoms with E-state index >= 15 is 0 Å². The normalized spacial score (nSPS) is 20.4. The highest BCUT2D eigenvalue weighted by Gasteiger charge is 2.39. The van der Waals surface area contributed by atoms with Crippen molar-refractivity contribution < 1.29 is 38.0 Å². The van der Waals surface area contributed by atoms with Crippen molar-refractivity contribution in [2.45, 2.75) is 40.2 Å². The van der Waals surface area contributed by atoms with E-state index in [1.165, 1.54) is 0 Å². The first kappa shape index (κ1) is 25.5. The monoisotopic (exact) mass is 498 g/mol. The number of esters is 1. The molecule has 0 saturated heterocycles. The molecule has 0 saturated carbocycles. The van der Waals surface area contributed by atoms with E-state index in [1.807, 2.05) is 19.1 Å². The molecule has 0 fully saturated rings. The summed E-state index contributed by atoms with van der Waals surface area (Å²) in [6, 6.07) is 3.86. The molecule has 1 aliphatic carbocycles. The lowest BCUT2D eigenvalue weighted by molar-refractivity contribution is -0.148. The molecule has 3 atom stereocenters. The quantitative estimate of drug-likeness (QED) is 0.382. The number of fused-ring (bicyclic) bond motifs is 4. The summed E-state index contributed by atoms with van der Waals surface area (Å²) in [6.45, 7) is 7.91. The lowest BCUT2D eigenvalue weighted by Gasteiger charge is -2.35. The summed E-state index contributed by atoms with van der Waals surface area (Å²) in [5.41, 5.74) is 3.77. The van der Waals surface area contributed by atoms with Crippen molar-refractivity contribution in [2.75, 3.05) is 35.2 Å². The van der Waals surface area contributed by atoms with Crippen LogP contribution in [0.1, 0.15) is 44.9 Å². The van der Waals surface area contributed by atoms with Gasteiger partial charge in [0.1, 0.15) is 6.10 Å². The molecule has 194 valence electrons. The largest absolute Gasteiger partial charge is 0.493 e. The molecule has 2 aliphatic rings. The highest BCUT2D eigenvalue weighted by Crippen LogP contribution is 2.58. The highest BCUT2D eigenvalue weighted by molar-refractivity contribution is 5.90. The first-order chi connectivity index (χ1) is 17.3. The van der Waals surface area contributed by atoms with Crippen LogP contribution in [0.3, 0.4) is 0 Å². The first-order valence-electron chi connectivity index (χ1n) is 12.0. The minimum Gasteiger partial charge on any atom is -0.493 e. The van der Waals surface area contributed by atoms with Crippen molar-refractivity contribution in [1.29, 1.82) is 0 Å². The van der Waals surface area contributed by atoms with Crippen molar-refractivity contribution in [3.8, 4) is 45.6 Å². The van der Waals surface area contributed by atoms with Gasteiger partial charge < -0.3 is 33.2 Å². The van der Waals surface area contributed by atoms with Crippen LogP contribution in [0.5, 0.6) is 34.5 Å². The molecule has 1 heterocycles. The zero-order chi connectivity index (χ0) is 26.1. The molecule has 0 bridgehead atoms. The Morgan fingerprint density at radius 2 is 1.64 bits per heavy atom. The summed E-state index contributed by atoms with van der Waals surface area (Å²) in [6.07, 6.45) is 1.85. The maximum absolute atomic E-state index is 13.0.